The lowest BCUT2D eigenvalue weighted by atomic mass is 10.1. The average molecular weight is 278 g/mol. The Morgan fingerprint density at radius 3 is 2.35 bits per heavy atom. The van der Waals surface area contributed by atoms with Crippen LogP contribution in [0.4, 0.5) is 0 Å². The maximum absolute atomic E-state index is 10.1. The van der Waals surface area contributed by atoms with Crippen LogP contribution in [0.3, 0.4) is 0 Å². The van der Waals surface area contributed by atoms with E-state index in [4.69, 9.17) is 0 Å². The van der Waals surface area contributed by atoms with Crippen LogP contribution in [0, 0.1) is 0 Å². The molecule has 20 heavy (non-hydrogen) atoms. The van der Waals surface area contributed by atoms with Crippen molar-refractivity contribution < 1.29 is 9.90 Å². The van der Waals surface area contributed by atoms with Gasteiger partial charge in [-0.3, -0.25) is 0 Å². The van der Waals surface area contributed by atoms with Crippen molar-refractivity contribution in [3.8, 4) is 0 Å². The van der Waals surface area contributed by atoms with Crippen LogP contribution in [0.1, 0.15) is 64.7 Å². The van der Waals surface area contributed by atoms with Crippen molar-refractivity contribution in [3.63, 3.8) is 0 Å². The lowest BCUT2D eigenvalue weighted by molar-refractivity contribution is -0.107. The molecule has 0 bridgehead atoms. The molecule has 0 spiro atoms. The Morgan fingerprint density at radius 1 is 0.900 bits per heavy atom. The summed E-state index contributed by atoms with van der Waals surface area (Å²) in [6.45, 7) is 2.20. The maximum Gasteiger partial charge on any atom is 0.119 e. The molecule has 0 radical (unpaired) electrons. The molecule has 0 saturated heterocycles. The Bertz CT molecular complexity index is 290. The number of hydrogen-bond donors (Lipinski definition) is 1. The van der Waals surface area contributed by atoms with E-state index in [0.717, 1.165) is 32.0 Å². The van der Waals surface area contributed by atoms with Crippen molar-refractivity contribution in [1.29, 1.82) is 0 Å². The molecule has 1 unspecified atom stereocenters. The van der Waals surface area contributed by atoms with Crippen LogP contribution in [0.2, 0.25) is 0 Å². The highest BCUT2D eigenvalue weighted by atomic mass is 16.3. The third-order valence-corrected chi connectivity index (χ3v) is 3.04. The van der Waals surface area contributed by atoms with E-state index in [1.54, 1.807) is 0 Å². The molecule has 0 fully saturated rings. The van der Waals surface area contributed by atoms with E-state index in [1.165, 1.54) is 19.3 Å². The fraction of sp³-hybridized carbons (Fsp3) is 0.611. The summed E-state index contributed by atoms with van der Waals surface area (Å²) in [6, 6.07) is 0. The predicted molar refractivity (Wildman–Crippen MR) is 86.7 cm³/mol. The van der Waals surface area contributed by atoms with Gasteiger partial charge in [0.2, 0.25) is 0 Å². The van der Waals surface area contributed by atoms with Gasteiger partial charge in [0.25, 0.3) is 0 Å². The van der Waals surface area contributed by atoms with Crippen molar-refractivity contribution in [2.75, 3.05) is 0 Å². The molecule has 0 aliphatic carbocycles. The van der Waals surface area contributed by atoms with Gasteiger partial charge in [0.1, 0.15) is 6.29 Å². The quantitative estimate of drug-likeness (QED) is 0.228. The van der Waals surface area contributed by atoms with Crippen LogP contribution >= 0.6 is 0 Å². The summed E-state index contributed by atoms with van der Waals surface area (Å²) in [5.41, 5.74) is 0. The summed E-state index contributed by atoms with van der Waals surface area (Å²) in [5.74, 6) is 0. The Labute approximate surface area is 124 Å². The highest BCUT2D eigenvalue weighted by Crippen LogP contribution is 2.02. The molecule has 0 aliphatic rings. The Kier molecular flexibility index (Phi) is 15.0. The lowest BCUT2D eigenvalue weighted by Gasteiger charge is -1.99. The van der Waals surface area contributed by atoms with Gasteiger partial charge in [0.05, 0.1) is 6.10 Å². The lowest BCUT2D eigenvalue weighted by Crippen LogP contribution is -1.98. The zero-order valence-corrected chi connectivity index (χ0v) is 12.8. The molecule has 0 aromatic carbocycles. The smallest absolute Gasteiger partial charge is 0.119 e. The molecule has 114 valence electrons. The maximum atomic E-state index is 10.1. The van der Waals surface area contributed by atoms with E-state index in [0.29, 0.717) is 12.8 Å². The van der Waals surface area contributed by atoms with Crippen molar-refractivity contribution >= 4 is 6.29 Å². The van der Waals surface area contributed by atoms with Gasteiger partial charge in [-0.15, -0.1) is 0 Å². The summed E-state index contributed by atoms with van der Waals surface area (Å²) >= 11 is 0. The molecule has 2 nitrogen and oxygen atoms in total. The second-order valence-electron chi connectivity index (χ2n) is 5.03. The van der Waals surface area contributed by atoms with Gasteiger partial charge in [0.15, 0.2) is 0 Å². The number of allylic oxidation sites excluding steroid dienone is 4. The van der Waals surface area contributed by atoms with Gasteiger partial charge in [-0.1, -0.05) is 56.2 Å². The normalized spacial score (nSPS) is 13.7. The molecule has 1 atom stereocenters. The first-order valence-electron chi connectivity index (χ1n) is 7.91. The number of hydrogen-bond acceptors (Lipinski definition) is 2. The van der Waals surface area contributed by atoms with E-state index >= 15 is 0 Å². The van der Waals surface area contributed by atoms with Crippen LogP contribution in [-0.4, -0.2) is 17.5 Å². The Hall–Kier alpha value is -1.15. The molecule has 0 saturated carbocycles. The summed E-state index contributed by atoms with van der Waals surface area (Å²) in [4.78, 5) is 10.1. The number of unbranched alkanes of at least 4 members (excludes halogenated alkanes) is 6. The monoisotopic (exact) mass is 278 g/mol. The molecule has 2 heteroatoms. The largest absolute Gasteiger partial charge is 0.389 e. The predicted octanol–water partition coefficient (Wildman–Crippen LogP) is 4.75. The molecular weight excluding hydrogens is 248 g/mol. The second kappa shape index (κ2) is 15.9. The van der Waals surface area contributed by atoms with Crippen LogP contribution in [-0.2, 0) is 4.79 Å². The van der Waals surface area contributed by atoms with Crippen molar-refractivity contribution in [2.45, 2.75) is 70.8 Å². The van der Waals surface area contributed by atoms with Gasteiger partial charge in [-0.25, -0.2) is 0 Å². The summed E-state index contributed by atoms with van der Waals surface area (Å²) < 4.78 is 0. The third kappa shape index (κ3) is 14.9. The fourth-order valence-electron chi connectivity index (χ4n) is 1.80. The summed E-state index contributed by atoms with van der Waals surface area (Å²) in [7, 11) is 0. The summed E-state index contributed by atoms with van der Waals surface area (Å²) in [6.07, 6.45) is 21.8. The van der Waals surface area contributed by atoms with Crippen LogP contribution in [0.5, 0.6) is 0 Å². The third-order valence-electron chi connectivity index (χ3n) is 3.04. The minimum atomic E-state index is -0.401. The number of aldehydes is 1. The van der Waals surface area contributed by atoms with Crippen LogP contribution in [0.15, 0.2) is 36.5 Å². The zero-order valence-electron chi connectivity index (χ0n) is 12.8. The van der Waals surface area contributed by atoms with Gasteiger partial charge in [-0.2, -0.15) is 0 Å². The van der Waals surface area contributed by atoms with E-state index in [-0.39, 0.29) is 0 Å². The number of rotatable bonds is 13. The first-order valence-corrected chi connectivity index (χ1v) is 7.91. The fourth-order valence-corrected chi connectivity index (χ4v) is 1.80. The Morgan fingerprint density at radius 2 is 1.60 bits per heavy atom. The first-order chi connectivity index (χ1) is 9.81. The van der Waals surface area contributed by atoms with E-state index in [9.17, 15) is 9.90 Å². The molecule has 0 aromatic rings. The van der Waals surface area contributed by atoms with Crippen molar-refractivity contribution in [3.05, 3.63) is 36.5 Å². The first kappa shape index (κ1) is 18.9. The molecule has 0 aliphatic heterocycles. The zero-order chi connectivity index (χ0) is 14.9. The van der Waals surface area contributed by atoms with Crippen LogP contribution in [0.25, 0.3) is 0 Å². The SMILES string of the molecule is CCCCC/C=C\C=C\C(O)C/C=C\CCCCC=O. The second-order valence-corrected chi connectivity index (χ2v) is 5.03. The van der Waals surface area contributed by atoms with Crippen molar-refractivity contribution in [2.24, 2.45) is 0 Å². The standard InChI is InChI=1S/C18H30O2/c1-2-3-4-5-6-9-12-15-18(20)16-13-10-7-8-11-14-17-19/h6,9-10,12-13,15,17-18,20H,2-5,7-8,11,14,16H2,1H3/b9-6-,13-10-,15-12+. The number of carbonyl (C=O) groups excluding carboxylic acids is 1. The molecular formula is C18H30O2. The average Bonchev–Trinajstić information content (AvgIpc) is 2.45. The highest BCUT2D eigenvalue weighted by Gasteiger charge is 1.93. The molecule has 0 aromatic heterocycles. The van der Waals surface area contributed by atoms with Crippen molar-refractivity contribution in [1.82, 2.24) is 0 Å². The van der Waals surface area contributed by atoms with Gasteiger partial charge in [0, 0.05) is 6.42 Å². The van der Waals surface area contributed by atoms with Crippen LogP contribution < -0.4 is 0 Å². The van der Waals surface area contributed by atoms with Gasteiger partial charge >= 0.3 is 0 Å². The summed E-state index contributed by atoms with van der Waals surface area (Å²) in [5, 5.41) is 9.71. The van der Waals surface area contributed by atoms with E-state index in [1.807, 2.05) is 24.3 Å². The van der Waals surface area contributed by atoms with Gasteiger partial charge in [-0.05, 0) is 38.5 Å². The molecule has 0 amide bonds. The minimum Gasteiger partial charge on any atom is -0.389 e. The number of aliphatic hydroxyl groups excluding tert-OH is 1. The van der Waals surface area contributed by atoms with E-state index in [2.05, 4.69) is 19.1 Å². The molecule has 0 heterocycles. The minimum absolute atomic E-state index is 0.401. The molecule has 0 rings (SSSR count). The molecule has 1 N–H and O–H groups in total. The highest BCUT2D eigenvalue weighted by molar-refractivity contribution is 5.48. The number of aliphatic hydroxyl groups is 1. The topological polar surface area (TPSA) is 37.3 Å². The van der Waals surface area contributed by atoms with Gasteiger partial charge < -0.3 is 9.90 Å². The number of carbonyl (C=O) groups is 1. The van der Waals surface area contributed by atoms with E-state index < -0.39 is 6.10 Å². The Balaban J connectivity index is 3.53.